The first-order chi connectivity index (χ1) is 8.75. The second kappa shape index (κ2) is 2.89. The first-order valence-electron chi connectivity index (χ1n) is 7.23. The minimum atomic E-state index is -3.34. The van der Waals surface area contributed by atoms with Gasteiger partial charge in [0.05, 0.1) is 4.47 Å². The van der Waals surface area contributed by atoms with Gasteiger partial charge in [-0.15, -0.1) is 0 Å². The maximum absolute atomic E-state index is 7.46. The molecule has 2 nitrogen and oxygen atoms in total. The van der Waals surface area contributed by atoms with E-state index in [0.29, 0.717) is 4.47 Å². The Kier molecular flexibility index (Phi) is 0.663. The van der Waals surface area contributed by atoms with Crippen LogP contribution in [0.5, 0.6) is 0 Å². The zero-order valence-electron chi connectivity index (χ0n) is 14.4. The van der Waals surface area contributed by atoms with E-state index in [9.17, 15) is 0 Å². The Bertz CT molecular complexity index is 437. The van der Waals surface area contributed by atoms with E-state index in [1.54, 1.807) is 0 Å². The van der Waals surface area contributed by atoms with Crippen LogP contribution < -0.4 is 0 Å². The molecule has 11 heavy (non-hydrogen) atoms. The Morgan fingerprint density at radius 2 is 1.91 bits per heavy atom. The zero-order valence-corrected chi connectivity index (χ0v) is 7.01. The highest BCUT2D eigenvalue weighted by molar-refractivity contribution is 9.10. The molecular formula is C8H11BrN2. The molecule has 1 aromatic heterocycles. The summed E-state index contributed by atoms with van der Waals surface area (Å²) >= 11 is 3.02. The summed E-state index contributed by atoms with van der Waals surface area (Å²) in [6.07, 6.45) is 2.22. The van der Waals surface area contributed by atoms with E-state index in [1.807, 2.05) is 0 Å². The molecule has 1 aromatic rings. The van der Waals surface area contributed by atoms with Crippen molar-refractivity contribution in [1.29, 1.82) is 0 Å². The van der Waals surface area contributed by atoms with E-state index >= 15 is 0 Å². The Morgan fingerprint density at radius 3 is 2.36 bits per heavy atom. The number of hydrogen-bond acceptors (Lipinski definition) is 2. The molecule has 0 unspecified atom stereocenters. The van der Waals surface area contributed by atoms with Gasteiger partial charge in [0, 0.05) is 30.1 Å². The second-order valence-electron chi connectivity index (χ2n) is 1.97. The molecule has 3 heteroatoms. The molecule has 0 saturated carbocycles. The van der Waals surface area contributed by atoms with Crippen molar-refractivity contribution in [2.24, 2.45) is 0 Å². The van der Waals surface area contributed by atoms with Crippen molar-refractivity contribution in [3.05, 3.63) is 22.7 Å². The molecular weight excluding hydrogens is 204 g/mol. The molecule has 0 saturated heterocycles. The first-order valence-corrected chi connectivity index (χ1v) is 3.52. The molecule has 0 N–H and O–H groups in total. The lowest BCUT2D eigenvalue weighted by Crippen LogP contribution is -2.15. The summed E-state index contributed by atoms with van der Waals surface area (Å²) in [7, 11) is 0. The van der Waals surface area contributed by atoms with Gasteiger partial charge in [-0.3, -0.25) is 0 Å². The summed E-state index contributed by atoms with van der Waals surface area (Å²) in [6.45, 7) is -10.0. The molecule has 1 rings (SSSR count). The third-order valence-electron chi connectivity index (χ3n) is 0.956. The van der Waals surface area contributed by atoms with Gasteiger partial charge in [0.25, 0.3) is 0 Å². The van der Waals surface area contributed by atoms with Crippen LogP contribution in [0.15, 0.2) is 16.9 Å². The van der Waals surface area contributed by atoms with Crippen LogP contribution in [-0.4, -0.2) is 9.97 Å². The highest BCUT2D eigenvalue weighted by Gasteiger charge is 2.15. The molecule has 0 amide bonds. The summed E-state index contributed by atoms with van der Waals surface area (Å²) in [5.41, 5.74) is -3.15. The number of hydrogen-bond donors (Lipinski definition) is 0. The van der Waals surface area contributed by atoms with Crippen LogP contribution in [0, 0.1) is 0 Å². The molecule has 0 aliphatic heterocycles. The van der Waals surface area contributed by atoms with Gasteiger partial charge in [-0.05, 0) is 15.9 Å². The third-order valence-corrected chi connectivity index (χ3v) is 1.37. The van der Waals surface area contributed by atoms with Crippen molar-refractivity contribution >= 4 is 15.9 Å². The minimum Gasteiger partial charge on any atom is -0.240 e. The lowest BCUT2D eigenvalue weighted by atomic mass is 9.96. The van der Waals surface area contributed by atoms with Crippen molar-refractivity contribution in [1.82, 2.24) is 9.97 Å². The van der Waals surface area contributed by atoms with Crippen LogP contribution in [0.2, 0.25) is 0 Å². The van der Waals surface area contributed by atoms with E-state index in [2.05, 4.69) is 25.9 Å². The highest BCUT2D eigenvalue weighted by Crippen LogP contribution is 2.17. The number of rotatable bonds is 0. The van der Waals surface area contributed by atoms with Crippen LogP contribution >= 0.6 is 15.9 Å². The lowest BCUT2D eigenvalue weighted by Gasteiger charge is -2.15. The van der Waals surface area contributed by atoms with Crippen LogP contribution in [0.3, 0.4) is 0 Å². The predicted octanol–water partition coefficient (Wildman–Crippen LogP) is 2.54. The van der Waals surface area contributed by atoms with Gasteiger partial charge >= 0.3 is 0 Å². The Labute approximate surface area is 87.8 Å². The molecule has 0 aliphatic rings. The van der Waals surface area contributed by atoms with Crippen LogP contribution in [-0.2, 0) is 5.41 Å². The van der Waals surface area contributed by atoms with Crippen molar-refractivity contribution in [2.75, 3.05) is 0 Å². The normalized spacial score (nSPS) is 27.2. The predicted molar refractivity (Wildman–Crippen MR) is 48.4 cm³/mol. The smallest absolute Gasteiger partial charge is 0.133 e. The van der Waals surface area contributed by atoms with Gasteiger partial charge in [0.15, 0.2) is 0 Å². The quantitative estimate of drug-likeness (QED) is 0.676. The van der Waals surface area contributed by atoms with Crippen molar-refractivity contribution in [2.45, 2.75) is 26.0 Å². The second-order valence-corrected chi connectivity index (χ2v) is 2.89. The number of nitrogens with zero attached hydrogens (tertiary/aromatic N) is 2. The zero-order chi connectivity index (χ0) is 16.0. The van der Waals surface area contributed by atoms with E-state index in [-0.39, 0.29) is 0 Å². The van der Waals surface area contributed by atoms with E-state index in [0.717, 1.165) is 12.4 Å². The Balaban J connectivity index is 3.77. The summed E-state index contributed by atoms with van der Waals surface area (Å²) in [5, 5.41) is 0. The average Bonchev–Trinajstić information content (AvgIpc) is 2.14. The monoisotopic (exact) mass is 223 g/mol. The fourth-order valence-corrected chi connectivity index (χ4v) is 0.711. The molecule has 0 fully saturated rings. The molecule has 0 spiro atoms. The molecule has 60 valence electrons. The van der Waals surface area contributed by atoms with E-state index < -0.39 is 31.8 Å². The summed E-state index contributed by atoms with van der Waals surface area (Å²) in [6, 6.07) is 0. The van der Waals surface area contributed by atoms with Gasteiger partial charge in [-0.1, -0.05) is 20.6 Å². The topological polar surface area (TPSA) is 25.8 Å². The minimum absolute atomic E-state index is 0.372. The van der Waals surface area contributed by atoms with Crippen molar-refractivity contribution < 1.29 is 12.3 Å². The van der Waals surface area contributed by atoms with E-state index in [1.165, 1.54) is 0 Å². The largest absolute Gasteiger partial charge is 0.240 e. The molecule has 0 atom stereocenters. The van der Waals surface area contributed by atoms with Crippen LogP contribution in [0.25, 0.3) is 0 Å². The fraction of sp³-hybridized carbons (Fsp3) is 0.500. The molecule has 0 aromatic carbocycles. The van der Waals surface area contributed by atoms with Crippen molar-refractivity contribution in [3.63, 3.8) is 0 Å². The maximum atomic E-state index is 7.46. The number of aromatic nitrogens is 2. The first kappa shape index (κ1) is 2.52. The Morgan fingerprint density at radius 1 is 1.36 bits per heavy atom. The molecule has 1 heterocycles. The maximum Gasteiger partial charge on any atom is 0.133 e. The summed E-state index contributed by atoms with van der Waals surface area (Å²) in [5.74, 6) is -0.749. The van der Waals surface area contributed by atoms with Crippen molar-refractivity contribution in [3.8, 4) is 0 Å². The van der Waals surface area contributed by atoms with E-state index in [4.69, 9.17) is 12.3 Å². The standard InChI is InChI=1S/C8H11BrN2/c1-8(2,3)7-10-4-6(9)5-11-7/h4-5H,1-3H3/i1D3,2D3,3D3. The van der Waals surface area contributed by atoms with Gasteiger partial charge in [-0.2, -0.15) is 0 Å². The van der Waals surface area contributed by atoms with Crippen LogP contribution in [0.1, 0.15) is 38.7 Å². The highest BCUT2D eigenvalue weighted by atomic mass is 79.9. The fourth-order valence-electron chi connectivity index (χ4n) is 0.506. The Hall–Kier alpha value is -0.440. The summed E-state index contributed by atoms with van der Waals surface area (Å²) in [4.78, 5) is 7.22. The third kappa shape index (κ3) is 2.26. The van der Waals surface area contributed by atoms with Gasteiger partial charge in [0.1, 0.15) is 5.82 Å². The van der Waals surface area contributed by atoms with Gasteiger partial charge < -0.3 is 0 Å². The molecule has 0 radical (unpaired) electrons. The molecule has 0 bridgehead atoms. The van der Waals surface area contributed by atoms with Gasteiger partial charge in [0.2, 0.25) is 0 Å². The lowest BCUT2D eigenvalue weighted by molar-refractivity contribution is 0.544. The van der Waals surface area contributed by atoms with Crippen LogP contribution in [0.4, 0.5) is 0 Å². The average molecular weight is 224 g/mol. The SMILES string of the molecule is [2H]C([2H])([2H])C(c1ncc(Br)cn1)(C([2H])([2H])[2H])C([2H])([2H])[2H]. The summed E-state index contributed by atoms with van der Waals surface area (Å²) < 4.78 is 67.5. The molecule has 0 aliphatic carbocycles. The van der Waals surface area contributed by atoms with Gasteiger partial charge in [-0.25, -0.2) is 9.97 Å². The number of halogens is 1.